The number of amides is 2. The molecule has 1 saturated heterocycles. The van der Waals surface area contributed by atoms with Gasteiger partial charge in [-0.15, -0.1) is 0 Å². The summed E-state index contributed by atoms with van der Waals surface area (Å²) in [7, 11) is 1.62. The van der Waals surface area contributed by atoms with Crippen LogP contribution in [0.1, 0.15) is 25.7 Å². The van der Waals surface area contributed by atoms with Crippen LogP contribution in [0.15, 0.2) is 0 Å². The van der Waals surface area contributed by atoms with Crippen molar-refractivity contribution in [1.29, 1.82) is 0 Å². The highest BCUT2D eigenvalue weighted by Gasteiger charge is 2.35. The molecule has 18 heavy (non-hydrogen) atoms. The van der Waals surface area contributed by atoms with Crippen molar-refractivity contribution < 1.29 is 19.5 Å². The van der Waals surface area contributed by atoms with Gasteiger partial charge in [-0.3, -0.25) is 14.4 Å². The lowest BCUT2D eigenvalue weighted by Crippen LogP contribution is -2.56. The Hall–Kier alpha value is -1.59. The van der Waals surface area contributed by atoms with Gasteiger partial charge in [0.25, 0.3) is 0 Å². The van der Waals surface area contributed by atoms with Gasteiger partial charge in [-0.1, -0.05) is 0 Å². The summed E-state index contributed by atoms with van der Waals surface area (Å²) in [5.74, 6) is -1.13. The van der Waals surface area contributed by atoms with Gasteiger partial charge in [0.15, 0.2) is 0 Å². The topological polar surface area (TPSA) is 77.9 Å². The molecule has 1 aliphatic heterocycles. The van der Waals surface area contributed by atoms with E-state index in [9.17, 15) is 14.4 Å². The number of likely N-dealkylation sites (N-methyl/N-ethyl adjacent to an activating group) is 1. The van der Waals surface area contributed by atoms with Crippen molar-refractivity contribution in [2.45, 2.75) is 31.7 Å². The van der Waals surface area contributed by atoms with Crippen molar-refractivity contribution in [2.75, 3.05) is 20.1 Å². The van der Waals surface area contributed by atoms with Gasteiger partial charge in [0.1, 0.15) is 6.54 Å². The lowest BCUT2D eigenvalue weighted by molar-refractivity contribution is -0.152. The normalized spacial score (nSPS) is 29.6. The molecule has 2 fully saturated rings. The Bertz CT molecular complexity index is 374. The summed E-state index contributed by atoms with van der Waals surface area (Å²) in [4.78, 5) is 37.4. The van der Waals surface area contributed by atoms with E-state index in [1.54, 1.807) is 11.9 Å². The zero-order chi connectivity index (χ0) is 13.3. The summed E-state index contributed by atoms with van der Waals surface area (Å²) in [5.41, 5.74) is 0. The molecular weight excluding hydrogens is 236 g/mol. The molecule has 0 aromatic carbocycles. The average Bonchev–Trinajstić information content (AvgIpc) is 2.34. The Kier molecular flexibility index (Phi) is 3.54. The summed E-state index contributed by atoms with van der Waals surface area (Å²) in [5, 5.41) is 8.92. The van der Waals surface area contributed by atoms with Gasteiger partial charge in [-0.25, -0.2) is 0 Å². The largest absolute Gasteiger partial charge is 0.481 e. The molecule has 1 aliphatic carbocycles. The average molecular weight is 254 g/mol. The van der Waals surface area contributed by atoms with Crippen LogP contribution >= 0.6 is 0 Å². The van der Waals surface area contributed by atoms with Gasteiger partial charge in [-0.2, -0.15) is 0 Å². The maximum atomic E-state index is 11.9. The van der Waals surface area contributed by atoms with Crippen LogP contribution in [0.5, 0.6) is 0 Å². The zero-order valence-corrected chi connectivity index (χ0v) is 10.5. The van der Waals surface area contributed by atoms with Crippen molar-refractivity contribution >= 4 is 17.8 Å². The van der Waals surface area contributed by atoms with E-state index in [0.717, 1.165) is 0 Å². The lowest BCUT2D eigenvalue weighted by Gasteiger charge is -2.39. The Morgan fingerprint density at radius 3 is 2.28 bits per heavy atom. The number of hydrogen-bond donors (Lipinski definition) is 1. The number of carbonyl (C=O) groups is 3. The number of carboxylic acids is 1. The Balaban J connectivity index is 1.95. The van der Waals surface area contributed by atoms with Gasteiger partial charge in [-0.05, 0) is 25.7 Å². The second-order valence-corrected chi connectivity index (χ2v) is 5.12. The quantitative estimate of drug-likeness (QED) is 0.748. The van der Waals surface area contributed by atoms with E-state index in [2.05, 4.69) is 0 Å². The van der Waals surface area contributed by atoms with Gasteiger partial charge < -0.3 is 14.9 Å². The zero-order valence-electron chi connectivity index (χ0n) is 10.5. The van der Waals surface area contributed by atoms with Gasteiger partial charge in [0.2, 0.25) is 11.8 Å². The van der Waals surface area contributed by atoms with Crippen molar-refractivity contribution in [1.82, 2.24) is 9.80 Å². The number of hydrogen-bond acceptors (Lipinski definition) is 3. The number of rotatable bonds is 2. The molecule has 1 N–H and O–H groups in total. The molecule has 6 heteroatoms. The third-order valence-electron chi connectivity index (χ3n) is 3.91. The second kappa shape index (κ2) is 4.96. The van der Waals surface area contributed by atoms with E-state index >= 15 is 0 Å². The molecule has 0 spiro atoms. The third kappa shape index (κ3) is 2.47. The van der Waals surface area contributed by atoms with Crippen molar-refractivity contribution in [2.24, 2.45) is 5.92 Å². The standard InChI is InChI=1S/C12H18N2O4/c1-13-6-11(16)14(7-10(13)15)9-4-2-8(3-5-9)12(17)18/h8-9H,2-7H2,1H3,(H,17,18). The van der Waals surface area contributed by atoms with E-state index in [0.29, 0.717) is 25.7 Å². The first-order valence-corrected chi connectivity index (χ1v) is 6.25. The number of carboxylic acid groups (broad SMARTS) is 1. The van der Waals surface area contributed by atoms with Crippen LogP contribution in [-0.2, 0) is 14.4 Å². The Morgan fingerprint density at radius 2 is 1.72 bits per heavy atom. The first kappa shape index (κ1) is 12.9. The molecule has 0 atom stereocenters. The van der Waals surface area contributed by atoms with Crippen LogP contribution in [-0.4, -0.2) is 58.9 Å². The Morgan fingerprint density at radius 1 is 1.11 bits per heavy atom. The molecule has 2 amide bonds. The van der Waals surface area contributed by atoms with Crippen LogP contribution in [0, 0.1) is 5.92 Å². The van der Waals surface area contributed by atoms with Crippen LogP contribution in [0.25, 0.3) is 0 Å². The molecule has 2 rings (SSSR count). The molecule has 0 unspecified atom stereocenters. The second-order valence-electron chi connectivity index (χ2n) is 5.12. The maximum Gasteiger partial charge on any atom is 0.306 e. The van der Waals surface area contributed by atoms with E-state index in [4.69, 9.17) is 5.11 Å². The molecule has 100 valence electrons. The van der Waals surface area contributed by atoms with Crippen LogP contribution in [0.3, 0.4) is 0 Å². The minimum absolute atomic E-state index is 0.0316. The van der Waals surface area contributed by atoms with Gasteiger partial charge >= 0.3 is 5.97 Å². The summed E-state index contributed by atoms with van der Waals surface area (Å²) >= 11 is 0. The number of carbonyl (C=O) groups excluding carboxylic acids is 2. The Labute approximate surface area is 106 Å². The smallest absolute Gasteiger partial charge is 0.306 e. The summed E-state index contributed by atoms with van der Waals surface area (Å²) < 4.78 is 0. The lowest BCUT2D eigenvalue weighted by atomic mass is 9.85. The monoisotopic (exact) mass is 254 g/mol. The summed E-state index contributed by atoms with van der Waals surface area (Å²) in [6.45, 7) is 0.273. The van der Waals surface area contributed by atoms with Gasteiger partial charge in [0, 0.05) is 13.1 Å². The molecule has 0 bridgehead atoms. The molecule has 1 saturated carbocycles. The number of nitrogens with zero attached hydrogens (tertiary/aromatic N) is 2. The molecule has 1 heterocycles. The molecule has 0 aromatic heterocycles. The van der Waals surface area contributed by atoms with Crippen LogP contribution < -0.4 is 0 Å². The highest BCUT2D eigenvalue weighted by Crippen LogP contribution is 2.28. The van der Waals surface area contributed by atoms with Gasteiger partial charge in [0.05, 0.1) is 12.5 Å². The molecule has 0 aromatic rings. The van der Waals surface area contributed by atoms with E-state index < -0.39 is 5.97 Å². The molecule has 0 radical (unpaired) electrons. The highest BCUT2D eigenvalue weighted by molar-refractivity contribution is 5.92. The third-order valence-corrected chi connectivity index (χ3v) is 3.91. The van der Waals surface area contributed by atoms with Crippen molar-refractivity contribution in [3.63, 3.8) is 0 Å². The predicted molar refractivity (Wildman–Crippen MR) is 62.7 cm³/mol. The number of aliphatic carboxylic acids is 1. The predicted octanol–water partition coefficient (Wildman–Crippen LogP) is -0.0696. The van der Waals surface area contributed by atoms with E-state index in [1.807, 2.05) is 0 Å². The molecular formula is C12H18N2O4. The highest BCUT2D eigenvalue weighted by atomic mass is 16.4. The minimum Gasteiger partial charge on any atom is -0.481 e. The van der Waals surface area contributed by atoms with E-state index in [1.165, 1.54) is 4.90 Å². The van der Waals surface area contributed by atoms with Crippen molar-refractivity contribution in [3.05, 3.63) is 0 Å². The molecule has 6 nitrogen and oxygen atoms in total. The fraction of sp³-hybridized carbons (Fsp3) is 0.750. The molecule has 2 aliphatic rings. The summed E-state index contributed by atoms with van der Waals surface area (Å²) in [6, 6.07) is 0.0331. The van der Waals surface area contributed by atoms with Crippen molar-refractivity contribution in [3.8, 4) is 0 Å². The number of piperazine rings is 1. The van der Waals surface area contributed by atoms with Crippen LogP contribution in [0.2, 0.25) is 0 Å². The first-order valence-electron chi connectivity index (χ1n) is 6.25. The first-order chi connectivity index (χ1) is 8.49. The summed E-state index contributed by atoms with van der Waals surface area (Å²) in [6.07, 6.45) is 2.54. The van der Waals surface area contributed by atoms with Crippen LogP contribution in [0.4, 0.5) is 0 Å². The fourth-order valence-corrected chi connectivity index (χ4v) is 2.70. The SMILES string of the molecule is CN1CC(=O)N(C2CCC(C(=O)O)CC2)CC1=O. The maximum absolute atomic E-state index is 11.9. The van der Waals surface area contributed by atoms with E-state index in [-0.39, 0.29) is 36.9 Å². The minimum atomic E-state index is -0.755. The fourth-order valence-electron chi connectivity index (χ4n) is 2.70.